The zero-order chi connectivity index (χ0) is 24.4. The molecule has 1 heterocycles. The van der Waals surface area contributed by atoms with Gasteiger partial charge in [0, 0.05) is 11.1 Å². The number of rotatable bonds is 6. The van der Waals surface area contributed by atoms with Crippen molar-refractivity contribution in [2.45, 2.75) is 53.6 Å². The van der Waals surface area contributed by atoms with Gasteiger partial charge in [-0.2, -0.15) is 0 Å². The van der Waals surface area contributed by atoms with Gasteiger partial charge >= 0.3 is 0 Å². The molecule has 1 aromatic heterocycles. The lowest BCUT2D eigenvalue weighted by molar-refractivity contribution is 0.185. The largest absolute Gasteiger partial charge is 0.507 e. The maximum atomic E-state index is 10.9. The van der Waals surface area contributed by atoms with E-state index < -0.39 is 0 Å². The standard InChI is InChI=1S/C29H31N3O2/c1-17-6-11-23(19(3)14-17)27-30-28(24-12-7-18(2)15-20(24)4)32-29(31-27)25-13-10-22(16-26(25)34)9-8-21(5)33/h6-7,10-16,21,33-34H,8-9H2,1-5H3. The quantitative estimate of drug-likeness (QED) is 0.367. The number of aliphatic hydroxyl groups is 1. The van der Waals surface area contributed by atoms with Gasteiger partial charge in [0.15, 0.2) is 17.5 Å². The molecule has 0 saturated carbocycles. The van der Waals surface area contributed by atoms with E-state index in [0.717, 1.165) is 27.8 Å². The molecule has 0 amide bonds. The van der Waals surface area contributed by atoms with Gasteiger partial charge in [-0.1, -0.05) is 53.6 Å². The Balaban J connectivity index is 1.87. The van der Waals surface area contributed by atoms with Gasteiger partial charge in [0.1, 0.15) is 5.75 Å². The van der Waals surface area contributed by atoms with E-state index in [1.54, 1.807) is 13.0 Å². The van der Waals surface area contributed by atoms with E-state index in [2.05, 4.69) is 52.0 Å². The van der Waals surface area contributed by atoms with E-state index in [4.69, 9.17) is 15.0 Å². The third kappa shape index (κ3) is 5.15. The van der Waals surface area contributed by atoms with Crippen LogP contribution < -0.4 is 0 Å². The number of phenols is 1. The molecule has 1 unspecified atom stereocenters. The first-order valence-electron chi connectivity index (χ1n) is 11.6. The van der Waals surface area contributed by atoms with Crippen molar-refractivity contribution in [1.82, 2.24) is 15.0 Å². The number of nitrogens with zero attached hydrogens (tertiary/aromatic N) is 3. The van der Waals surface area contributed by atoms with Crippen LogP contribution in [-0.2, 0) is 6.42 Å². The molecule has 0 bridgehead atoms. The van der Waals surface area contributed by atoms with Gasteiger partial charge in [-0.15, -0.1) is 0 Å². The summed E-state index contributed by atoms with van der Waals surface area (Å²) in [6.07, 6.45) is 0.939. The molecule has 174 valence electrons. The molecule has 0 aliphatic carbocycles. The minimum Gasteiger partial charge on any atom is -0.507 e. The van der Waals surface area contributed by atoms with Crippen molar-refractivity contribution in [3.8, 4) is 39.9 Å². The van der Waals surface area contributed by atoms with Gasteiger partial charge in [0.25, 0.3) is 0 Å². The van der Waals surface area contributed by atoms with Gasteiger partial charge < -0.3 is 10.2 Å². The summed E-state index contributed by atoms with van der Waals surface area (Å²) in [5.74, 6) is 1.71. The summed E-state index contributed by atoms with van der Waals surface area (Å²) in [5.41, 5.74) is 7.91. The number of hydrogen-bond acceptors (Lipinski definition) is 5. The van der Waals surface area contributed by atoms with Crippen molar-refractivity contribution < 1.29 is 10.2 Å². The number of aryl methyl sites for hydroxylation is 5. The number of aromatic hydroxyl groups is 1. The van der Waals surface area contributed by atoms with Gasteiger partial charge in [-0.05, 0) is 76.3 Å². The smallest absolute Gasteiger partial charge is 0.167 e. The summed E-state index contributed by atoms with van der Waals surface area (Å²) in [5, 5.41) is 20.4. The summed E-state index contributed by atoms with van der Waals surface area (Å²) >= 11 is 0. The second-order valence-electron chi connectivity index (χ2n) is 9.18. The molecule has 0 fully saturated rings. The summed E-state index contributed by atoms with van der Waals surface area (Å²) < 4.78 is 0. The monoisotopic (exact) mass is 453 g/mol. The Kier molecular flexibility index (Phi) is 6.75. The van der Waals surface area contributed by atoms with Crippen LogP contribution in [0, 0.1) is 27.7 Å². The maximum absolute atomic E-state index is 10.9. The van der Waals surface area contributed by atoms with E-state index in [0.29, 0.717) is 35.9 Å². The molecule has 0 radical (unpaired) electrons. The predicted octanol–water partition coefficient (Wildman–Crippen LogP) is 6.13. The molecule has 4 rings (SSSR count). The Morgan fingerprint density at radius 2 is 1.15 bits per heavy atom. The molecule has 3 aromatic carbocycles. The van der Waals surface area contributed by atoms with Crippen LogP contribution in [0.4, 0.5) is 0 Å². The number of aliphatic hydroxyl groups excluding tert-OH is 1. The topological polar surface area (TPSA) is 79.1 Å². The highest BCUT2D eigenvalue weighted by Gasteiger charge is 2.17. The van der Waals surface area contributed by atoms with Crippen LogP contribution in [0.3, 0.4) is 0 Å². The van der Waals surface area contributed by atoms with Gasteiger partial charge in [0.05, 0.1) is 11.7 Å². The van der Waals surface area contributed by atoms with Crippen LogP contribution in [0.5, 0.6) is 5.75 Å². The Morgan fingerprint density at radius 3 is 1.59 bits per heavy atom. The lowest BCUT2D eigenvalue weighted by Crippen LogP contribution is -2.03. The molecular formula is C29H31N3O2. The van der Waals surface area contributed by atoms with Crippen LogP contribution in [0.25, 0.3) is 34.2 Å². The van der Waals surface area contributed by atoms with E-state index in [9.17, 15) is 10.2 Å². The van der Waals surface area contributed by atoms with Gasteiger partial charge in [-0.3, -0.25) is 0 Å². The van der Waals surface area contributed by atoms with Crippen LogP contribution >= 0.6 is 0 Å². The SMILES string of the molecule is Cc1ccc(-c2nc(-c3ccc(C)cc3C)nc(-c3ccc(CCC(C)O)cc3O)n2)c(C)c1. The van der Waals surface area contributed by atoms with Crippen molar-refractivity contribution in [1.29, 1.82) is 0 Å². The summed E-state index contributed by atoms with van der Waals surface area (Å²) in [6, 6.07) is 17.9. The first-order chi connectivity index (χ1) is 16.2. The van der Waals surface area contributed by atoms with E-state index in [1.807, 2.05) is 24.3 Å². The fourth-order valence-corrected chi connectivity index (χ4v) is 4.16. The van der Waals surface area contributed by atoms with Gasteiger partial charge in [-0.25, -0.2) is 15.0 Å². The molecular weight excluding hydrogens is 422 g/mol. The van der Waals surface area contributed by atoms with Crippen LogP contribution in [0.15, 0.2) is 54.6 Å². The fourth-order valence-electron chi connectivity index (χ4n) is 4.16. The van der Waals surface area contributed by atoms with Crippen LogP contribution in [0.1, 0.15) is 41.2 Å². The Bertz CT molecular complexity index is 1280. The zero-order valence-electron chi connectivity index (χ0n) is 20.4. The highest BCUT2D eigenvalue weighted by molar-refractivity contribution is 5.72. The molecule has 0 spiro atoms. The van der Waals surface area contributed by atoms with Gasteiger partial charge in [0.2, 0.25) is 0 Å². The average Bonchev–Trinajstić information content (AvgIpc) is 2.77. The van der Waals surface area contributed by atoms with Crippen molar-refractivity contribution in [3.05, 3.63) is 82.4 Å². The summed E-state index contributed by atoms with van der Waals surface area (Å²) in [4.78, 5) is 14.4. The molecule has 5 heteroatoms. The molecule has 1 atom stereocenters. The predicted molar refractivity (Wildman–Crippen MR) is 137 cm³/mol. The zero-order valence-corrected chi connectivity index (χ0v) is 20.4. The highest BCUT2D eigenvalue weighted by atomic mass is 16.3. The van der Waals surface area contributed by atoms with Crippen molar-refractivity contribution in [2.24, 2.45) is 0 Å². The third-order valence-electron chi connectivity index (χ3n) is 6.03. The molecule has 2 N–H and O–H groups in total. The lowest BCUT2D eigenvalue weighted by atomic mass is 10.0. The normalized spacial score (nSPS) is 12.1. The molecule has 0 aliphatic rings. The van der Waals surface area contributed by atoms with Crippen molar-refractivity contribution in [3.63, 3.8) is 0 Å². The molecule has 5 nitrogen and oxygen atoms in total. The fraction of sp³-hybridized carbons (Fsp3) is 0.276. The highest BCUT2D eigenvalue weighted by Crippen LogP contribution is 2.32. The number of phenolic OH excluding ortho intramolecular Hbond substituents is 1. The molecule has 0 saturated heterocycles. The first kappa shape index (κ1) is 23.6. The van der Waals surface area contributed by atoms with E-state index in [-0.39, 0.29) is 11.9 Å². The van der Waals surface area contributed by atoms with Crippen molar-refractivity contribution >= 4 is 0 Å². The summed E-state index contributed by atoms with van der Waals surface area (Å²) in [6.45, 7) is 10.00. The number of aromatic nitrogens is 3. The number of benzene rings is 3. The van der Waals surface area contributed by atoms with Crippen LogP contribution in [0.2, 0.25) is 0 Å². The molecule has 0 aliphatic heterocycles. The second kappa shape index (κ2) is 9.74. The Morgan fingerprint density at radius 1 is 0.676 bits per heavy atom. The summed E-state index contributed by atoms with van der Waals surface area (Å²) in [7, 11) is 0. The number of hydrogen-bond donors (Lipinski definition) is 2. The maximum Gasteiger partial charge on any atom is 0.167 e. The van der Waals surface area contributed by atoms with Crippen molar-refractivity contribution in [2.75, 3.05) is 0 Å². The minimum absolute atomic E-state index is 0.118. The Hall–Kier alpha value is -3.57. The lowest BCUT2D eigenvalue weighted by Gasteiger charge is -2.13. The van der Waals surface area contributed by atoms with E-state index in [1.165, 1.54) is 11.1 Å². The Labute approximate surface area is 201 Å². The van der Waals surface area contributed by atoms with Crippen LogP contribution in [-0.4, -0.2) is 31.3 Å². The second-order valence-corrected chi connectivity index (χ2v) is 9.18. The molecule has 34 heavy (non-hydrogen) atoms. The average molecular weight is 454 g/mol. The third-order valence-corrected chi connectivity index (χ3v) is 6.03. The first-order valence-corrected chi connectivity index (χ1v) is 11.6. The van der Waals surface area contributed by atoms with E-state index >= 15 is 0 Å². The molecule has 4 aromatic rings. The minimum atomic E-state index is -0.383.